The minimum absolute atomic E-state index is 0.689. The molecule has 0 amide bonds. The average molecular weight is 185 g/mol. The van der Waals surface area contributed by atoms with Gasteiger partial charge in [0.2, 0.25) is 0 Å². The molecule has 1 N–H and O–H groups in total. The SMILES string of the molecule is C=CCOCCCCCNCCC. The third-order valence-electron chi connectivity index (χ3n) is 1.80. The number of hydrogen-bond donors (Lipinski definition) is 1. The molecule has 0 radical (unpaired) electrons. The highest BCUT2D eigenvalue weighted by Gasteiger charge is 1.89. The smallest absolute Gasteiger partial charge is 0.0644 e. The largest absolute Gasteiger partial charge is 0.377 e. The summed E-state index contributed by atoms with van der Waals surface area (Å²) < 4.78 is 5.27. The van der Waals surface area contributed by atoms with Crippen molar-refractivity contribution in [3.63, 3.8) is 0 Å². The molecule has 0 aromatic rings. The van der Waals surface area contributed by atoms with E-state index in [0.717, 1.165) is 19.7 Å². The van der Waals surface area contributed by atoms with Gasteiger partial charge in [-0.1, -0.05) is 13.0 Å². The molecule has 0 saturated heterocycles. The lowest BCUT2D eigenvalue weighted by atomic mass is 10.2. The van der Waals surface area contributed by atoms with Gasteiger partial charge in [-0.05, 0) is 38.8 Å². The van der Waals surface area contributed by atoms with E-state index in [9.17, 15) is 0 Å². The average Bonchev–Trinajstić information content (AvgIpc) is 2.16. The summed E-state index contributed by atoms with van der Waals surface area (Å²) in [6, 6.07) is 0. The molecule has 0 bridgehead atoms. The summed E-state index contributed by atoms with van der Waals surface area (Å²) in [5, 5.41) is 3.38. The van der Waals surface area contributed by atoms with E-state index >= 15 is 0 Å². The van der Waals surface area contributed by atoms with Crippen molar-refractivity contribution < 1.29 is 4.74 Å². The van der Waals surface area contributed by atoms with Crippen molar-refractivity contribution in [1.82, 2.24) is 5.32 Å². The third-order valence-corrected chi connectivity index (χ3v) is 1.80. The topological polar surface area (TPSA) is 21.3 Å². The van der Waals surface area contributed by atoms with Gasteiger partial charge in [-0.15, -0.1) is 6.58 Å². The van der Waals surface area contributed by atoms with Crippen LogP contribution in [0.25, 0.3) is 0 Å². The van der Waals surface area contributed by atoms with Gasteiger partial charge in [-0.3, -0.25) is 0 Å². The quantitative estimate of drug-likeness (QED) is 0.417. The van der Waals surface area contributed by atoms with E-state index in [1.54, 1.807) is 6.08 Å². The highest BCUT2D eigenvalue weighted by Crippen LogP contribution is 1.94. The van der Waals surface area contributed by atoms with Gasteiger partial charge in [-0.25, -0.2) is 0 Å². The molecule has 0 unspecified atom stereocenters. The zero-order valence-corrected chi connectivity index (χ0v) is 8.85. The van der Waals surface area contributed by atoms with Crippen molar-refractivity contribution in [2.24, 2.45) is 0 Å². The molecular weight excluding hydrogens is 162 g/mol. The predicted molar refractivity (Wildman–Crippen MR) is 58.0 cm³/mol. The molecule has 13 heavy (non-hydrogen) atoms. The monoisotopic (exact) mass is 185 g/mol. The first-order chi connectivity index (χ1) is 6.41. The molecule has 0 aromatic carbocycles. The number of unbranched alkanes of at least 4 members (excludes halogenated alkanes) is 2. The molecule has 78 valence electrons. The van der Waals surface area contributed by atoms with Crippen LogP contribution in [-0.4, -0.2) is 26.3 Å². The van der Waals surface area contributed by atoms with E-state index in [0.29, 0.717) is 6.61 Å². The number of rotatable bonds is 10. The lowest BCUT2D eigenvalue weighted by Crippen LogP contribution is -2.15. The molecule has 0 atom stereocenters. The summed E-state index contributed by atoms with van der Waals surface area (Å²) in [5.74, 6) is 0. The van der Waals surface area contributed by atoms with Gasteiger partial charge in [0.05, 0.1) is 6.61 Å². The minimum Gasteiger partial charge on any atom is -0.377 e. The fourth-order valence-corrected chi connectivity index (χ4v) is 1.10. The Morgan fingerprint density at radius 1 is 1.23 bits per heavy atom. The second-order valence-electron chi connectivity index (χ2n) is 3.17. The van der Waals surface area contributed by atoms with Crippen LogP contribution in [0.4, 0.5) is 0 Å². The van der Waals surface area contributed by atoms with Gasteiger partial charge < -0.3 is 10.1 Å². The van der Waals surface area contributed by atoms with Gasteiger partial charge in [0.15, 0.2) is 0 Å². The molecule has 0 heterocycles. The first-order valence-corrected chi connectivity index (χ1v) is 5.31. The van der Waals surface area contributed by atoms with Crippen LogP contribution in [-0.2, 0) is 4.74 Å². The Balaban J connectivity index is 2.79. The molecule has 0 aliphatic rings. The Bertz CT molecular complexity index is 104. The zero-order valence-electron chi connectivity index (χ0n) is 8.85. The molecule has 0 fully saturated rings. The van der Waals surface area contributed by atoms with E-state index in [-0.39, 0.29) is 0 Å². The molecule has 0 aliphatic carbocycles. The Labute approximate surface area is 82.4 Å². The lowest BCUT2D eigenvalue weighted by Gasteiger charge is -2.03. The van der Waals surface area contributed by atoms with Crippen LogP contribution >= 0.6 is 0 Å². The molecule has 0 rings (SSSR count). The maximum atomic E-state index is 5.27. The van der Waals surface area contributed by atoms with Crippen molar-refractivity contribution in [3.8, 4) is 0 Å². The summed E-state index contributed by atoms with van der Waals surface area (Å²) >= 11 is 0. The summed E-state index contributed by atoms with van der Waals surface area (Å²) in [5.41, 5.74) is 0. The normalized spacial score (nSPS) is 10.2. The standard InChI is InChI=1S/C11H23NO/c1-3-8-12-9-6-5-7-11-13-10-4-2/h4,12H,2-3,5-11H2,1H3. The fraction of sp³-hybridized carbons (Fsp3) is 0.818. The van der Waals surface area contributed by atoms with E-state index < -0.39 is 0 Å². The molecule has 2 heteroatoms. The maximum absolute atomic E-state index is 5.27. The van der Waals surface area contributed by atoms with Crippen LogP contribution in [0.2, 0.25) is 0 Å². The van der Waals surface area contributed by atoms with Crippen molar-refractivity contribution in [2.45, 2.75) is 32.6 Å². The molecule has 0 saturated carbocycles. The van der Waals surface area contributed by atoms with Crippen LogP contribution in [0.5, 0.6) is 0 Å². The molecular formula is C11H23NO. The van der Waals surface area contributed by atoms with E-state index in [1.807, 2.05) is 0 Å². The molecule has 0 spiro atoms. The van der Waals surface area contributed by atoms with Gasteiger partial charge in [0.25, 0.3) is 0 Å². The minimum atomic E-state index is 0.689. The van der Waals surface area contributed by atoms with Crippen molar-refractivity contribution in [3.05, 3.63) is 12.7 Å². The van der Waals surface area contributed by atoms with E-state index in [4.69, 9.17) is 4.74 Å². The van der Waals surface area contributed by atoms with Crippen molar-refractivity contribution in [2.75, 3.05) is 26.3 Å². The second kappa shape index (κ2) is 11.7. The summed E-state index contributed by atoms with van der Waals surface area (Å²) in [4.78, 5) is 0. The lowest BCUT2D eigenvalue weighted by molar-refractivity contribution is 0.157. The summed E-state index contributed by atoms with van der Waals surface area (Å²) in [7, 11) is 0. The van der Waals surface area contributed by atoms with Crippen LogP contribution in [0.3, 0.4) is 0 Å². The van der Waals surface area contributed by atoms with Gasteiger partial charge in [0, 0.05) is 6.61 Å². The number of hydrogen-bond acceptors (Lipinski definition) is 2. The van der Waals surface area contributed by atoms with E-state index in [2.05, 4.69) is 18.8 Å². The highest BCUT2D eigenvalue weighted by molar-refractivity contribution is 4.63. The number of nitrogens with one attached hydrogen (secondary N) is 1. The fourth-order valence-electron chi connectivity index (χ4n) is 1.10. The van der Waals surface area contributed by atoms with Crippen LogP contribution < -0.4 is 5.32 Å². The van der Waals surface area contributed by atoms with Gasteiger partial charge in [0.1, 0.15) is 0 Å². The third kappa shape index (κ3) is 11.7. The Hall–Kier alpha value is -0.340. The molecule has 0 aromatic heterocycles. The maximum Gasteiger partial charge on any atom is 0.0644 e. The van der Waals surface area contributed by atoms with Crippen molar-refractivity contribution >= 4 is 0 Å². The molecule has 2 nitrogen and oxygen atoms in total. The molecule has 0 aliphatic heterocycles. The summed E-state index contributed by atoms with van der Waals surface area (Å²) in [6.07, 6.45) is 6.71. The van der Waals surface area contributed by atoms with Gasteiger partial charge in [-0.2, -0.15) is 0 Å². The number of ether oxygens (including phenoxy) is 1. The Morgan fingerprint density at radius 2 is 2.08 bits per heavy atom. The summed E-state index contributed by atoms with van der Waals surface area (Å²) in [6.45, 7) is 9.64. The van der Waals surface area contributed by atoms with Crippen LogP contribution in [0.1, 0.15) is 32.6 Å². The van der Waals surface area contributed by atoms with Crippen molar-refractivity contribution in [1.29, 1.82) is 0 Å². The van der Waals surface area contributed by atoms with Crippen LogP contribution in [0.15, 0.2) is 12.7 Å². The Kier molecular flexibility index (Phi) is 11.4. The first-order valence-electron chi connectivity index (χ1n) is 5.31. The zero-order chi connectivity index (χ0) is 9.78. The first kappa shape index (κ1) is 12.7. The van der Waals surface area contributed by atoms with Crippen LogP contribution in [0, 0.1) is 0 Å². The highest BCUT2D eigenvalue weighted by atomic mass is 16.5. The second-order valence-corrected chi connectivity index (χ2v) is 3.17. The van der Waals surface area contributed by atoms with Gasteiger partial charge >= 0.3 is 0 Å². The predicted octanol–water partition coefficient (Wildman–Crippen LogP) is 2.36. The Morgan fingerprint density at radius 3 is 2.77 bits per heavy atom. The van der Waals surface area contributed by atoms with E-state index in [1.165, 1.54) is 25.7 Å².